The van der Waals surface area contributed by atoms with Crippen LogP contribution in [0.4, 0.5) is 19.0 Å². The predicted octanol–water partition coefficient (Wildman–Crippen LogP) is 2.61. The number of alkyl halides is 3. The van der Waals surface area contributed by atoms with Crippen LogP contribution in [-0.2, 0) is 12.6 Å². The number of halogens is 3. The Morgan fingerprint density at radius 2 is 2.12 bits per heavy atom. The van der Waals surface area contributed by atoms with Crippen LogP contribution in [-0.4, -0.2) is 32.4 Å². The third-order valence-corrected chi connectivity index (χ3v) is 3.37. The average Bonchev–Trinajstić information content (AvgIpc) is 2.96. The normalized spacial score (nSPS) is 11.7. The minimum atomic E-state index is -4.50. The highest BCUT2D eigenvalue weighted by atomic mass is 19.4. The Hall–Kier alpha value is -2.97. The Morgan fingerprint density at radius 3 is 2.75 bits per heavy atom. The maximum Gasteiger partial charge on any atom is 0.416 e. The van der Waals surface area contributed by atoms with Gasteiger partial charge in [0.1, 0.15) is 5.82 Å². The first-order valence-electron chi connectivity index (χ1n) is 6.96. The van der Waals surface area contributed by atoms with Crippen molar-refractivity contribution in [3.05, 3.63) is 53.6 Å². The van der Waals surface area contributed by atoms with Crippen molar-refractivity contribution in [2.45, 2.75) is 12.6 Å². The zero-order valence-electron chi connectivity index (χ0n) is 12.5. The molecule has 0 unspecified atom stereocenters. The predicted molar refractivity (Wildman–Crippen MR) is 79.8 cm³/mol. The van der Waals surface area contributed by atoms with Crippen LogP contribution in [0.3, 0.4) is 0 Å². The molecule has 3 heterocycles. The fourth-order valence-corrected chi connectivity index (χ4v) is 2.22. The summed E-state index contributed by atoms with van der Waals surface area (Å²) in [4.78, 5) is 20.0. The molecule has 3 aromatic heterocycles. The number of hydrogen-bond donors (Lipinski definition) is 1. The minimum absolute atomic E-state index is 0.0168. The van der Waals surface area contributed by atoms with Gasteiger partial charge in [0.05, 0.1) is 12.0 Å². The third kappa shape index (κ3) is 3.05. The number of Topliss-reactive ketones (excluding diaryl/α,β-unsaturated/α-hetero) is 1. The topological polar surface area (TPSA) is 72.2 Å². The van der Waals surface area contributed by atoms with Crippen molar-refractivity contribution in [2.75, 3.05) is 12.4 Å². The largest absolute Gasteiger partial charge is 0.416 e. The number of aromatic nitrogens is 4. The first-order chi connectivity index (χ1) is 11.4. The lowest BCUT2D eigenvalue weighted by molar-refractivity contribution is -0.137. The number of carbonyl (C=O) groups excluding carboxylic acids is 1. The molecule has 124 valence electrons. The molecular formula is C15H12F3N5O. The highest BCUT2D eigenvalue weighted by Crippen LogP contribution is 2.31. The molecule has 0 saturated heterocycles. The van der Waals surface area contributed by atoms with Gasteiger partial charge >= 0.3 is 6.18 Å². The summed E-state index contributed by atoms with van der Waals surface area (Å²) in [5.74, 6) is 0.00754. The van der Waals surface area contributed by atoms with Gasteiger partial charge in [-0.1, -0.05) is 0 Å². The van der Waals surface area contributed by atoms with Gasteiger partial charge in [-0.15, -0.1) is 5.10 Å². The molecule has 0 saturated carbocycles. The maximum absolute atomic E-state index is 12.9. The molecular weight excluding hydrogens is 323 g/mol. The second-order valence-electron chi connectivity index (χ2n) is 5.02. The first kappa shape index (κ1) is 15.9. The van der Waals surface area contributed by atoms with Gasteiger partial charge in [-0.3, -0.25) is 9.78 Å². The fraction of sp³-hybridized carbons (Fsp3) is 0.200. The van der Waals surface area contributed by atoms with E-state index < -0.39 is 11.7 Å². The Morgan fingerprint density at radius 1 is 1.33 bits per heavy atom. The van der Waals surface area contributed by atoms with Gasteiger partial charge in [0.25, 0.3) is 0 Å². The van der Waals surface area contributed by atoms with Crippen molar-refractivity contribution < 1.29 is 18.0 Å². The van der Waals surface area contributed by atoms with Gasteiger partial charge in [-0.25, -0.2) is 4.98 Å². The van der Waals surface area contributed by atoms with E-state index in [1.807, 2.05) is 0 Å². The molecule has 0 fully saturated rings. The lowest BCUT2D eigenvalue weighted by Gasteiger charge is -2.09. The number of fused-ring (bicyclic) bond motifs is 1. The van der Waals surface area contributed by atoms with E-state index in [1.54, 1.807) is 12.1 Å². The van der Waals surface area contributed by atoms with Crippen molar-refractivity contribution >= 4 is 17.2 Å². The SMILES string of the molecule is CNc1cc(C(F)(F)F)cc2nc(CC(=O)c3cccnc3)nn12. The average molecular weight is 335 g/mol. The van der Waals surface area contributed by atoms with Gasteiger partial charge in [0, 0.05) is 25.0 Å². The molecule has 1 N–H and O–H groups in total. The highest BCUT2D eigenvalue weighted by Gasteiger charge is 2.32. The Labute approximate surface area is 134 Å². The quantitative estimate of drug-likeness (QED) is 0.742. The number of ketones is 1. The molecule has 9 heteroatoms. The Kier molecular flexibility index (Phi) is 3.92. The van der Waals surface area contributed by atoms with Crippen molar-refractivity contribution in [3.63, 3.8) is 0 Å². The summed E-state index contributed by atoms with van der Waals surface area (Å²) in [5, 5.41) is 6.75. The van der Waals surface area contributed by atoms with E-state index in [2.05, 4.69) is 20.4 Å². The smallest absolute Gasteiger partial charge is 0.373 e. The van der Waals surface area contributed by atoms with Crippen molar-refractivity contribution in [3.8, 4) is 0 Å². The van der Waals surface area contributed by atoms with E-state index in [0.29, 0.717) is 5.56 Å². The van der Waals surface area contributed by atoms with Crippen molar-refractivity contribution in [1.82, 2.24) is 19.6 Å². The van der Waals surface area contributed by atoms with Crippen LogP contribution in [0.5, 0.6) is 0 Å². The van der Waals surface area contributed by atoms with E-state index in [1.165, 1.54) is 24.0 Å². The maximum atomic E-state index is 12.9. The summed E-state index contributed by atoms with van der Waals surface area (Å²) in [7, 11) is 1.48. The lowest BCUT2D eigenvalue weighted by Crippen LogP contribution is -2.09. The van der Waals surface area contributed by atoms with E-state index in [4.69, 9.17) is 0 Å². The molecule has 0 aliphatic rings. The second kappa shape index (κ2) is 5.91. The van der Waals surface area contributed by atoms with E-state index in [-0.39, 0.29) is 29.5 Å². The lowest BCUT2D eigenvalue weighted by atomic mass is 10.1. The number of rotatable bonds is 4. The van der Waals surface area contributed by atoms with Crippen molar-refractivity contribution in [1.29, 1.82) is 0 Å². The van der Waals surface area contributed by atoms with Gasteiger partial charge in [0.2, 0.25) is 0 Å². The third-order valence-electron chi connectivity index (χ3n) is 3.37. The molecule has 3 aromatic rings. The molecule has 6 nitrogen and oxygen atoms in total. The molecule has 0 aromatic carbocycles. The number of hydrogen-bond acceptors (Lipinski definition) is 5. The fourth-order valence-electron chi connectivity index (χ4n) is 2.22. The summed E-state index contributed by atoms with van der Waals surface area (Å²) in [5.41, 5.74) is -0.429. The zero-order valence-corrected chi connectivity index (χ0v) is 12.5. The number of nitrogens with zero attached hydrogens (tertiary/aromatic N) is 4. The summed E-state index contributed by atoms with van der Waals surface area (Å²) < 4.78 is 40.0. The zero-order chi connectivity index (χ0) is 17.3. The molecule has 0 radical (unpaired) electrons. The second-order valence-corrected chi connectivity index (χ2v) is 5.02. The minimum Gasteiger partial charge on any atom is -0.373 e. The van der Waals surface area contributed by atoms with Crippen LogP contribution in [0, 0.1) is 0 Å². The molecule has 0 spiro atoms. The number of pyridine rings is 2. The number of carbonyl (C=O) groups is 1. The van der Waals surface area contributed by atoms with Crippen LogP contribution in [0.25, 0.3) is 5.65 Å². The monoisotopic (exact) mass is 335 g/mol. The standard InChI is InChI=1S/C15H12F3N5O/c1-19-13-5-10(15(16,17)18)6-14-21-12(22-23(13)14)7-11(24)9-3-2-4-20-8-9/h2-6,8,19H,7H2,1H3. The van der Waals surface area contributed by atoms with Crippen molar-refractivity contribution in [2.24, 2.45) is 0 Å². The molecule has 0 aliphatic heterocycles. The van der Waals surface area contributed by atoms with Gasteiger partial charge < -0.3 is 5.32 Å². The van der Waals surface area contributed by atoms with Crippen LogP contribution < -0.4 is 5.32 Å². The molecule has 0 bridgehead atoms. The van der Waals surface area contributed by atoms with Gasteiger partial charge in [0.15, 0.2) is 17.3 Å². The van der Waals surface area contributed by atoms with E-state index >= 15 is 0 Å². The number of nitrogens with one attached hydrogen (secondary N) is 1. The summed E-state index contributed by atoms with van der Waals surface area (Å²) >= 11 is 0. The summed E-state index contributed by atoms with van der Waals surface area (Å²) in [6.07, 6.45) is -1.67. The van der Waals surface area contributed by atoms with Crippen LogP contribution >= 0.6 is 0 Å². The van der Waals surface area contributed by atoms with E-state index in [9.17, 15) is 18.0 Å². The first-order valence-corrected chi connectivity index (χ1v) is 6.96. The highest BCUT2D eigenvalue weighted by molar-refractivity contribution is 5.96. The molecule has 3 rings (SSSR count). The summed E-state index contributed by atoms with van der Waals surface area (Å²) in [6.45, 7) is 0. The Bertz CT molecular complexity index is 889. The molecule has 24 heavy (non-hydrogen) atoms. The van der Waals surface area contributed by atoms with Crippen LogP contribution in [0.15, 0.2) is 36.7 Å². The molecule has 0 atom stereocenters. The summed E-state index contributed by atoms with van der Waals surface area (Å²) in [6, 6.07) is 5.06. The van der Waals surface area contributed by atoms with Crippen LogP contribution in [0.2, 0.25) is 0 Å². The molecule has 0 aliphatic carbocycles. The van der Waals surface area contributed by atoms with E-state index in [0.717, 1.165) is 12.1 Å². The Balaban J connectivity index is 1.98. The molecule has 0 amide bonds. The van der Waals surface area contributed by atoms with Gasteiger partial charge in [-0.05, 0) is 24.3 Å². The number of anilines is 1. The van der Waals surface area contributed by atoms with Gasteiger partial charge in [-0.2, -0.15) is 17.7 Å². The van der Waals surface area contributed by atoms with Crippen LogP contribution in [0.1, 0.15) is 21.7 Å².